The van der Waals surface area contributed by atoms with Crippen LogP contribution in [0.15, 0.2) is 0 Å². The summed E-state index contributed by atoms with van der Waals surface area (Å²) in [5.74, 6) is -2.40. The quantitative estimate of drug-likeness (QED) is 0.215. The molecule has 0 unspecified atom stereocenters. The Balaban J connectivity index is 2.64. The lowest BCUT2D eigenvalue weighted by molar-refractivity contribution is -0.184. The van der Waals surface area contributed by atoms with Crippen LogP contribution in [0, 0.1) is 5.41 Å². The zero-order valence-corrected chi connectivity index (χ0v) is 19.0. The van der Waals surface area contributed by atoms with E-state index in [0.717, 1.165) is 19.3 Å². The van der Waals surface area contributed by atoms with E-state index in [2.05, 4.69) is 5.32 Å². The highest BCUT2D eigenvalue weighted by Crippen LogP contribution is 2.33. The van der Waals surface area contributed by atoms with Crippen molar-refractivity contribution < 1.29 is 46.7 Å². The number of hydrogen-bond donors (Lipinski definition) is 3. The number of aliphatic carboxylic acids is 1. The van der Waals surface area contributed by atoms with Gasteiger partial charge in [0.25, 0.3) is 10.1 Å². The molecule has 1 saturated carbocycles. The highest BCUT2D eigenvalue weighted by Gasteiger charge is 2.52. The van der Waals surface area contributed by atoms with Crippen molar-refractivity contribution in [3.63, 3.8) is 0 Å². The zero-order chi connectivity index (χ0) is 23.7. The van der Waals surface area contributed by atoms with Crippen molar-refractivity contribution in [1.29, 1.82) is 0 Å². The van der Waals surface area contributed by atoms with Gasteiger partial charge in [0.2, 0.25) is 11.5 Å². The number of carbonyl (C=O) groups excluding carboxylic acids is 2. The standard InChI is InChI=1S/C19H33NO10S/c1-14(21)20-10-7-11-31(26,27)29-12-18(2,3)19(25,16(22)23)13-28-17(24)30-15-8-5-4-6-9-15/h15,25H,4-13H2,1-3H3,(H,20,21)(H,22,23)/t19-/m1/s1. The van der Waals surface area contributed by atoms with Crippen molar-refractivity contribution in [2.45, 2.75) is 71.0 Å². The molecule has 0 aliphatic heterocycles. The average Bonchev–Trinajstić information content (AvgIpc) is 2.68. The molecule has 1 fully saturated rings. The fourth-order valence-electron chi connectivity index (χ4n) is 2.99. The van der Waals surface area contributed by atoms with Crippen molar-refractivity contribution in [2.24, 2.45) is 5.41 Å². The number of amides is 1. The van der Waals surface area contributed by atoms with Crippen molar-refractivity contribution in [3.8, 4) is 0 Å². The van der Waals surface area contributed by atoms with Gasteiger partial charge in [0.15, 0.2) is 0 Å². The van der Waals surface area contributed by atoms with E-state index in [1.165, 1.54) is 20.8 Å². The monoisotopic (exact) mass is 467 g/mol. The summed E-state index contributed by atoms with van der Waals surface area (Å²) in [4.78, 5) is 34.5. The number of rotatable bonds is 12. The van der Waals surface area contributed by atoms with Crippen LogP contribution in [0.5, 0.6) is 0 Å². The lowest BCUT2D eigenvalue weighted by Crippen LogP contribution is -2.57. The third kappa shape index (κ3) is 8.99. The van der Waals surface area contributed by atoms with E-state index < -0.39 is 52.2 Å². The number of carbonyl (C=O) groups is 3. The van der Waals surface area contributed by atoms with Crippen molar-refractivity contribution in [2.75, 3.05) is 25.5 Å². The predicted molar refractivity (Wildman–Crippen MR) is 109 cm³/mol. The number of aliphatic hydroxyl groups is 1. The van der Waals surface area contributed by atoms with Crippen LogP contribution in [0.4, 0.5) is 4.79 Å². The largest absolute Gasteiger partial charge is 0.508 e. The molecule has 0 aromatic carbocycles. The lowest BCUT2D eigenvalue weighted by atomic mass is 9.76. The number of hydrogen-bond acceptors (Lipinski definition) is 9. The molecule has 0 saturated heterocycles. The van der Waals surface area contributed by atoms with E-state index in [-0.39, 0.29) is 25.0 Å². The summed E-state index contributed by atoms with van der Waals surface area (Å²) in [6.07, 6.45) is 2.97. The Labute approximate surface area is 182 Å². The van der Waals surface area contributed by atoms with Gasteiger partial charge in [-0.3, -0.25) is 8.98 Å². The molecular weight excluding hydrogens is 434 g/mol. The van der Waals surface area contributed by atoms with Crippen LogP contribution < -0.4 is 5.32 Å². The third-order valence-electron chi connectivity index (χ3n) is 5.23. The van der Waals surface area contributed by atoms with Gasteiger partial charge in [-0.25, -0.2) is 9.59 Å². The molecule has 3 N–H and O–H groups in total. The van der Waals surface area contributed by atoms with E-state index in [1.54, 1.807) is 0 Å². The molecule has 0 aromatic rings. The van der Waals surface area contributed by atoms with Gasteiger partial charge in [-0.2, -0.15) is 8.42 Å². The number of carboxylic acids is 1. The third-order valence-corrected chi connectivity index (χ3v) is 6.50. The maximum Gasteiger partial charge on any atom is 0.508 e. The van der Waals surface area contributed by atoms with Crippen LogP contribution in [-0.4, -0.2) is 73.9 Å². The van der Waals surface area contributed by atoms with Crippen LogP contribution in [0.1, 0.15) is 59.3 Å². The summed E-state index contributed by atoms with van der Waals surface area (Å²) in [5, 5.41) is 22.7. The Morgan fingerprint density at radius 2 is 1.71 bits per heavy atom. The van der Waals surface area contributed by atoms with E-state index in [4.69, 9.17) is 13.7 Å². The molecule has 0 bridgehead atoms. The fourth-order valence-corrected chi connectivity index (χ4v) is 4.08. The first-order valence-electron chi connectivity index (χ1n) is 10.2. The van der Waals surface area contributed by atoms with E-state index in [0.29, 0.717) is 12.8 Å². The summed E-state index contributed by atoms with van der Waals surface area (Å²) in [5.41, 5.74) is -4.26. The summed E-state index contributed by atoms with van der Waals surface area (Å²) in [6, 6.07) is 0. The Kier molecular flexibility index (Phi) is 10.2. The van der Waals surface area contributed by atoms with Gasteiger partial charge in [-0.15, -0.1) is 0 Å². The molecule has 0 heterocycles. The van der Waals surface area contributed by atoms with Crippen LogP contribution in [-0.2, 0) is 33.4 Å². The number of ether oxygens (including phenoxy) is 2. The molecule has 12 heteroatoms. The van der Waals surface area contributed by atoms with Gasteiger partial charge in [0, 0.05) is 18.9 Å². The zero-order valence-electron chi connectivity index (χ0n) is 18.2. The Morgan fingerprint density at radius 3 is 2.26 bits per heavy atom. The lowest BCUT2D eigenvalue weighted by Gasteiger charge is -2.38. The topological polar surface area (TPSA) is 166 Å². The first kappa shape index (κ1) is 27.1. The van der Waals surface area contributed by atoms with Gasteiger partial charge in [0.1, 0.15) is 12.7 Å². The molecule has 0 spiro atoms. The van der Waals surface area contributed by atoms with E-state index >= 15 is 0 Å². The molecule has 31 heavy (non-hydrogen) atoms. The van der Waals surface area contributed by atoms with Crippen LogP contribution in [0.2, 0.25) is 0 Å². The van der Waals surface area contributed by atoms with Gasteiger partial charge in [0.05, 0.1) is 12.4 Å². The Hall–Kier alpha value is -1.92. The fraction of sp³-hybridized carbons (Fsp3) is 0.842. The smallest absolute Gasteiger partial charge is 0.479 e. The highest BCUT2D eigenvalue weighted by atomic mass is 32.2. The SMILES string of the molecule is CC(=O)NCCCS(=O)(=O)OCC(C)(C)[C@@](O)(COC(=O)OC1CCCCC1)C(=O)O. The van der Waals surface area contributed by atoms with Gasteiger partial charge in [-0.05, 0) is 32.1 Å². The van der Waals surface area contributed by atoms with Crippen LogP contribution in [0.25, 0.3) is 0 Å². The summed E-state index contributed by atoms with van der Waals surface area (Å²) in [6.45, 7) is 2.39. The molecular formula is C19H33NO10S. The molecule has 1 rings (SSSR count). The maximum absolute atomic E-state index is 12.0. The van der Waals surface area contributed by atoms with Gasteiger partial charge >= 0.3 is 12.1 Å². The number of carboxylic acid groups (broad SMARTS) is 1. The Bertz CT molecular complexity index is 730. The van der Waals surface area contributed by atoms with Crippen molar-refractivity contribution in [1.82, 2.24) is 5.32 Å². The first-order valence-corrected chi connectivity index (χ1v) is 11.8. The molecule has 180 valence electrons. The first-order chi connectivity index (χ1) is 14.3. The minimum atomic E-state index is -4.04. The molecule has 1 amide bonds. The normalized spacial score (nSPS) is 17.4. The van der Waals surface area contributed by atoms with E-state index in [1.807, 2.05) is 0 Å². The van der Waals surface area contributed by atoms with E-state index in [9.17, 15) is 33.0 Å². The second-order valence-corrected chi connectivity index (χ2v) is 10.1. The summed E-state index contributed by atoms with van der Waals surface area (Å²) in [7, 11) is -4.04. The summed E-state index contributed by atoms with van der Waals surface area (Å²) >= 11 is 0. The number of nitrogens with one attached hydrogen (secondary N) is 1. The van der Waals surface area contributed by atoms with Crippen LogP contribution >= 0.6 is 0 Å². The summed E-state index contributed by atoms with van der Waals surface area (Å²) < 4.78 is 39.0. The van der Waals surface area contributed by atoms with Gasteiger partial charge < -0.3 is 25.0 Å². The predicted octanol–water partition coefficient (Wildman–Crippen LogP) is 1.19. The van der Waals surface area contributed by atoms with Crippen molar-refractivity contribution >= 4 is 28.1 Å². The maximum atomic E-state index is 12.0. The van der Waals surface area contributed by atoms with Gasteiger partial charge in [-0.1, -0.05) is 20.3 Å². The molecule has 1 aliphatic rings. The minimum Gasteiger partial charge on any atom is -0.479 e. The average molecular weight is 468 g/mol. The molecule has 1 aliphatic carbocycles. The molecule has 0 aromatic heterocycles. The highest BCUT2D eigenvalue weighted by molar-refractivity contribution is 7.86. The van der Waals surface area contributed by atoms with Crippen LogP contribution in [0.3, 0.4) is 0 Å². The second kappa shape index (κ2) is 11.6. The molecule has 1 atom stereocenters. The molecule has 11 nitrogen and oxygen atoms in total. The minimum absolute atomic E-state index is 0.0989. The second-order valence-electron chi connectivity index (χ2n) is 8.33. The van der Waals surface area contributed by atoms with Crippen molar-refractivity contribution in [3.05, 3.63) is 0 Å². The Morgan fingerprint density at radius 1 is 1.10 bits per heavy atom. The molecule has 0 radical (unpaired) electrons.